The molecule has 12 heteroatoms. The van der Waals surface area contributed by atoms with Crippen LogP contribution >= 0.6 is 23.5 Å². The van der Waals surface area contributed by atoms with Crippen molar-refractivity contribution in [2.24, 2.45) is 0 Å². The van der Waals surface area contributed by atoms with Gasteiger partial charge in [-0.15, -0.1) is 23.5 Å². The molecular weight excluding hydrogens is 837 g/mol. The fourth-order valence-corrected chi connectivity index (χ4v) is 13.4. The molecule has 2 fully saturated rings. The Morgan fingerprint density at radius 1 is 0.609 bits per heavy atom. The lowest BCUT2D eigenvalue weighted by Gasteiger charge is -2.34. The first kappa shape index (κ1) is 43.8. The summed E-state index contributed by atoms with van der Waals surface area (Å²) in [7, 11) is 7.62. The largest absolute Gasteiger partial charge is 0.329 e. The summed E-state index contributed by atoms with van der Waals surface area (Å²) in [6.07, 6.45) is 4.46. The van der Waals surface area contributed by atoms with Crippen LogP contribution in [0.1, 0.15) is 65.6 Å². The predicted octanol–water partition coefficient (Wildman–Crippen LogP) is 8.41. The van der Waals surface area contributed by atoms with Crippen molar-refractivity contribution in [2.75, 3.05) is 51.9 Å². The Morgan fingerprint density at radius 2 is 1.11 bits per heavy atom. The first-order chi connectivity index (χ1) is 31.0. The molecule has 6 atom stereocenters. The van der Waals surface area contributed by atoms with Gasteiger partial charge in [-0.1, -0.05) is 97.1 Å². The molecule has 2 unspecified atom stereocenters. The van der Waals surface area contributed by atoms with Crippen molar-refractivity contribution in [1.82, 2.24) is 19.6 Å². The number of amides is 4. The maximum atomic E-state index is 14.0. The standard InChI is InChI=1S/C52H56N6O4S2/c1-55(2)46(34-16-8-5-9-17-34)50(61)57-28-14-22-41(57)48(59)53-39-26-27-43-37(30-39)31-45(63-43)52(38-20-12-7-13-21-38)33-36-24-25-40(32-44(36)64-52)54-49(60)42-23-15-29-58(42)51(62)47(56(3)4)35-18-10-6-11-19-35/h5-13,16-21,24-27,30,32,41-42,45-47H,14-15,22-23,28-29,31,33H2,1-4H3,(H,53,59)(H,54,60)/t41-,42-,45?,46+,47+,52?/m0/s1. The van der Waals surface area contributed by atoms with Gasteiger partial charge in [-0.2, -0.15) is 0 Å². The van der Waals surface area contributed by atoms with Gasteiger partial charge < -0.3 is 20.4 Å². The van der Waals surface area contributed by atoms with E-state index in [0.717, 1.165) is 53.1 Å². The molecule has 0 aliphatic carbocycles. The zero-order valence-corrected chi connectivity index (χ0v) is 38.5. The van der Waals surface area contributed by atoms with Gasteiger partial charge in [-0.05, 0) is 125 Å². The van der Waals surface area contributed by atoms with Crippen LogP contribution in [0.2, 0.25) is 0 Å². The number of hydrogen-bond donors (Lipinski definition) is 2. The fraction of sp³-hybridized carbons (Fsp3) is 0.346. The predicted molar refractivity (Wildman–Crippen MR) is 256 cm³/mol. The van der Waals surface area contributed by atoms with Crippen molar-refractivity contribution in [1.29, 1.82) is 0 Å². The van der Waals surface area contributed by atoms with E-state index in [1.165, 1.54) is 21.6 Å². The molecule has 2 saturated heterocycles. The van der Waals surface area contributed by atoms with E-state index >= 15 is 0 Å². The minimum Gasteiger partial charge on any atom is -0.329 e. The van der Waals surface area contributed by atoms with E-state index in [2.05, 4.69) is 65.2 Å². The number of likely N-dealkylation sites (tertiary alicyclic amines) is 2. The highest BCUT2D eigenvalue weighted by Crippen LogP contribution is 2.60. The summed E-state index contributed by atoms with van der Waals surface area (Å²) in [5, 5.41) is 6.59. The van der Waals surface area contributed by atoms with E-state index in [4.69, 9.17) is 0 Å². The van der Waals surface area contributed by atoms with E-state index in [-0.39, 0.29) is 33.6 Å². The zero-order chi connectivity index (χ0) is 44.5. The smallest absolute Gasteiger partial charge is 0.247 e. The molecule has 2 N–H and O–H groups in total. The Morgan fingerprint density at radius 3 is 1.64 bits per heavy atom. The van der Waals surface area contributed by atoms with Gasteiger partial charge in [0, 0.05) is 39.5 Å². The molecule has 0 radical (unpaired) electrons. The zero-order valence-electron chi connectivity index (χ0n) is 36.9. The van der Waals surface area contributed by atoms with Crippen LogP contribution in [0.15, 0.2) is 137 Å². The number of thioether (sulfide) groups is 2. The van der Waals surface area contributed by atoms with Crippen LogP contribution in [0.25, 0.3) is 0 Å². The second kappa shape index (κ2) is 18.6. The normalized spacial score (nSPS) is 22.3. The molecule has 4 heterocycles. The molecule has 4 aliphatic heterocycles. The summed E-state index contributed by atoms with van der Waals surface area (Å²) < 4.78 is -0.279. The van der Waals surface area contributed by atoms with Crippen molar-refractivity contribution in [3.63, 3.8) is 0 Å². The maximum Gasteiger partial charge on any atom is 0.247 e. The van der Waals surface area contributed by atoms with Crippen LogP contribution in [0.4, 0.5) is 11.4 Å². The topological polar surface area (TPSA) is 105 Å². The van der Waals surface area contributed by atoms with Crippen LogP contribution in [-0.4, -0.2) is 102 Å². The van der Waals surface area contributed by atoms with E-state index in [9.17, 15) is 19.2 Å². The summed E-state index contributed by atoms with van der Waals surface area (Å²) in [6.45, 7) is 1.11. The molecule has 4 amide bonds. The van der Waals surface area contributed by atoms with Gasteiger partial charge in [0.05, 0.1) is 4.75 Å². The van der Waals surface area contributed by atoms with Crippen molar-refractivity contribution >= 4 is 58.5 Å². The van der Waals surface area contributed by atoms with Crippen LogP contribution in [0, 0.1) is 0 Å². The molecule has 5 aromatic rings. The highest BCUT2D eigenvalue weighted by atomic mass is 32.2. The van der Waals surface area contributed by atoms with Gasteiger partial charge in [0.25, 0.3) is 0 Å². The summed E-state index contributed by atoms with van der Waals surface area (Å²) in [5.74, 6) is -0.417. The number of anilines is 2. The van der Waals surface area contributed by atoms with E-state index in [0.29, 0.717) is 25.9 Å². The van der Waals surface area contributed by atoms with Crippen molar-refractivity contribution in [2.45, 2.75) is 82.5 Å². The van der Waals surface area contributed by atoms with Gasteiger partial charge in [0.1, 0.15) is 24.2 Å². The summed E-state index contributed by atoms with van der Waals surface area (Å²) in [6, 6.07) is 40.7. The molecule has 5 aromatic carbocycles. The lowest BCUT2D eigenvalue weighted by molar-refractivity contribution is -0.141. The fourth-order valence-electron chi connectivity index (χ4n) is 10.2. The average Bonchev–Trinajstić information content (AvgIpc) is 4.13. The lowest BCUT2D eigenvalue weighted by Crippen LogP contribution is -2.47. The van der Waals surface area contributed by atoms with Crippen LogP contribution in [-0.2, 0) is 36.8 Å². The quantitative estimate of drug-likeness (QED) is 0.129. The number of nitrogens with one attached hydrogen (secondary N) is 2. The van der Waals surface area contributed by atoms with Crippen LogP contribution < -0.4 is 10.6 Å². The third-order valence-corrected chi connectivity index (χ3v) is 16.6. The van der Waals surface area contributed by atoms with Gasteiger partial charge in [-0.25, -0.2) is 0 Å². The van der Waals surface area contributed by atoms with Crippen molar-refractivity contribution < 1.29 is 19.2 Å². The molecule has 0 spiro atoms. The Hall–Kier alpha value is -5.40. The molecule has 0 bridgehead atoms. The van der Waals surface area contributed by atoms with E-state index in [1.807, 2.05) is 134 Å². The summed E-state index contributed by atoms with van der Waals surface area (Å²) >= 11 is 3.77. The van der Waals surface area contributed by atoms with E-state index < -0.39 is 24.2 Å². The number of fused-ring (bicyclic) bond motifs is 2. The Kier molecular flexibility index (Phi) is 12.7. The van der Waals surface area contributed by atoms with Gasteiger partial charge in [0.15, 0.2) is 0 Å². The second-order valence-electron chi connectivity index (χ2n) is 17.9. The number of carbonyl (C=O) groups excluding carboxylic acids is 4. The van der Waals surface area contributed by atoms with Gasteiger partial charge in [-0.3, -0.25) is 29.0 Å². The van der Waals surface area contributed by atoms with Crippen LogP contribution in [0.3, 0.4) is 0 Å². The minimum atomic E-state index is -0.541. The number of likely N-dealkylation sites (N-methyl/N-ethyl adjacent to an activating group) is 2. The molecule has 10 nitrogen and oxygen atoms in total. The highest BCUT2D eigenvalue weighted by molar-refractivity contribution is 8.04. The Balaban J connectivity index is 0.892. The maximum absolute atomic E-state index is 14.0. The Labute approximate surface area is 385 Å². The molecule has 4 aliphatic rings. The SMILES string of the molecule is CN(C)[C@@H](C(=O)N1CCC[C@H]1C(=O)Nc1ccc2c(c1)CC(C1(c3ccccc3)Cc3ccc(NC(=O)[C@@H]4CCCN4C(=O)[C@@H](c4ccccc4)N(C)C)cc3S1)S2)c1ccccc1. The summed E-state index contributed by atoms with van der Waals surface area (Å²) in [4.78, 5) is 65.7. The number of rotatable bonds is 12. The van der Waals surface area contributed by atoms with Crippen molar-refractivity contribution in [3.05, 3.63) is 155 Å². The third kappa shape index (κ3) is 8.60. The molecule has 0 aromatic heterocycles. The first-order valence-electron chi connectivity index (χ1n) is 22.3. The number of carbonyl (C=O) groups is 4. The number of nitrogens with zero attached hydrogens (tertiary/aromatic N) is 4. The number of hydrogen-bond acceptors (Lipinski definition) is 8. The average molecular weight is 893 g/mol. The monoisotopic (exact) mass is 892 g/mol. The summed E-state index contributed by atoms with van der Waals surface area (Å²) in [5.41, 5.74) is 6.99. The second-order valence-corrected chi connectivity index (χ2v) is 20.5. The van der Waals surface area contributed by atoms with Crippen LogP contribution in [0.5, 0.6) is 0 Å². The third-order valence-electron chi connectivity index (χ3n) is 13.3. The number of benzene rings is 5. The van der Waals surface area contributed by atoms with Gasteiger partial charge in [0.2, 0.25) is 23.6 Å². The molecule has 330 valence electrons. The van der Waals surface area contributed by atoms with Gasteiger partial charge >= 0.3 is 0 Å². The lowest BCUT2D eigenvalue weighted by atomic mass is 9.86. The highest BCUT2D eigenvalue weighted by Gasteiger charge is 2.49. The molecular formula is C52H56N6O4S2. The van der Waals surface area contributed by atoms with Crippen molar-refractivity contribution in [3.8, 4) is 0 Å². The Bertz CT molecular complexity index is 2520. The molecule has 0 saturated carbocycles. The first-order valence-corrected chi connectivity index (χ1v) is 24.0. The van der Waals surface area contributed by atoms with E-state index in [1.54, 1.807) is 9.80 Å². The molecule has 9 rings (SSSR count). The molecule has 64 heavy (non-hydrogen) atoms. The minimum absolute atomic E-state index is 0.0532.